The fourth-order valence-corrected chi connectivity index (χ4v) is 2.84. The van der Waals surface area contributed by atoms with E-state index in [1.54, 1.807) is 13.2 Å². The molecule has 6 heteroatoms. The molecule has 1 unspecified atom stereocenters. The van der Waals surface area contributed by atoms with E-state index in [-0.39, 0.29) is 11.3 Å². The Hall–Kier alpha value is -0.100. The summed E-state index contributed by atoms with van der Waals surface area (Å²) < 4.78 is 6.60. The van der Waals surface area contributed by atoms with Gasteiger partial charge in [-0.15, -0.1) is 11.6 Å². The minimum absolute atomic E-state index is 0.0799. The van der Waals surface area contributed by atoms with Crippen molar-refractivity contribution >= 4 is 49.4 Å². The van der Waals surface area contributed by atoms with Gasteiger partial charge in [0.05, 0.1) is 17.5 Å². The molecular weight excluding hydrogens is 385 g/mol. The van der Waals surface area contributed by atoms with Crippen LogP contribution in [-0.2, 0) is 4.74 Å². The van der Waals surface area contributed by atoms with E-state index < -0.39 is 0 Å². The maximum absolute atomic E-state index is 11.9. The predicted molar refractivity (Wildman–Crippen MR) is 80.3 cm³/mol. The number of nitrogens with one attached hydrogen (secondary N) is 1. The Morgan fingerprint density at radius 1 is 1.50 bits per heavy atom. The summed E-state index contributed by atoms with van der Waals surface area (Å²) in [5.74, 6) is -0.115. The first-order valence-electron chi connectivity index (χ1n) is 5.41. The summed E-state index contributed by atoms with van der Waals surface area (Å²) in [6.45, 7) is 1.01. The number of alkyl halides is 1. The smallest absolute Gasteiger partial charge is 0.252 e. The molecule has 100 valence electrons. The lowest BCUT2D eigenvalue weighted by molar-refractivity contribution is 0.0951. The van der Waals surface area contributed by atoms with Crippen LogP contribution in [0.15, 0.2) is 27.1 Å². The summed E-state index contributed by atoms with van der Waals surface area (Å²) >= 11 is 12.7. The molecule has 18 heavy (non-hydrogen) atoms. The topological polar surface area (TPSA) is 38.3 Å². The molecule has 0 aliphatic heterocycles. The number of hydrogen-bond donors (Lipinski definition) is 1. The standard InChI is InChI=1S/C12H14Br2ClNO2/c1-18-7-9(15)4-5-16-12(17)10-3-2-8(13)6-11(10)14/h2-3,6,9H,4-5,7H2,1H3,(H,16,17). The molecule has 1 amide bonds. The van der Waals surface area contributed by atoms with Crippen molar-refractivity contribution in [3.8, 4) is 0 Å². The van der Waals surface area contributed by atoms with Gasteiger partial charge in [0.15, 0.2) is 0 Å². The van der Waals surface area contributed by atoms with Gasteiger partial charge >= 0.3 is 0 Å². The molecule has 0 radical (unpaired) electrons. The number of ether oxygens (including phenoxy) is 1. The summed E-state index contributed by atoms with van der Waals surface area (Å²) in [6.07, 6.45) is 0.676. The molecule has 0 aromatic heterocycles. The van der Waals surface area contributed by atoms with Gasteiger partial charge in [-0.25, -0.2) is 0 Å². The third-order valence-electron chi connectivity index (χ3n) is 2.27. The van der Waals surface area contributed by atoms with E-state index in [1.165, 1.54) is 0 Å². The number of carbonyl (C=O) groups is 1. The van der Waals surface area contributed by atoms with E-state index in [2.05, 4.69) is 37.2 Å². The average molecular weight is 400 g/mol. The quantitative estimate of drug-likeness (QED) is 0.743. The van der Waals surface area contributed by atoms with Gasteiger partial charge in [0.25, 0.3) is 5.91 Å². The van der Waals surface area contributed by atoms with Gasteiger partial charge in [-0.1, -0.05) is 15.9 Å². The molecule has 0 fully saturated rings. The molecule has 1 atom stereocenters. The highest BCUT2D eigenvalue weighted by Gasteiger charge is 2.10. The number of rotatable bonds is 6. The Labute approximate surface area is 128 Å². The molecule has 0 saturated heterocycles. The van der Waals surface area contributed by atoms with Crippen LogP contribution in [0.25, 0.3) is 0 Å². The van der Waals surface area contributed by atoms with Crippen LogP contribution in [-0.4, -0.2) is 31.5 Å². The van der Waals surface area contributed by atoms with E-state index in [9.17, 15) is 4.79 Å². The van der Waals surface area contributed by atoms with Crippen molar-refractivity contribution in [3.05, 3.63) is 32.7 Å². The van der Waals surface area contributed by atoms with Crippen LogP contribution in [0.3, 0.4) is 0 Å². The first-order chi connectivity index (χ1) is 8.54. The highest BCUT2D eigenvalue weighted by Crippen LogP contribution is 2.21. The van der Waals surface area contributed by atoms with Gasteiger partial charge in [-0.05, 0) is 40.5 Å². The molecule has 1 N–H and O–H groups in total. The van der Waals surface area contributed by atoms with E-state index in [0.29, 0.717) is 25.1 Å². The molecule has 0 spiro atoms. The number of halogens is 3. The van der Waals surface area contributed by atoms with Crippen LogP contribution in [0.5, 0.6) is 0 Å². The number of amides is 1. The van der Waals surface area contributed by atoms with Crippen LogP contribution in [0, 0.1) is 0 Å². The summed E-state index contributed by atoms with van der Waals surface area (Å²) in [6, 6.07) is 5.43. The van der Waals surface area contributed by atoms with Gasteiger partial charge in [-0.3, -0.25) is 4.79 Å². The highest BCUT2D eigenvalue weighted by atomic mass is 79.9. The monoisotopic (exact) mass is 397 g/mol. The molecule has 1 aromatic carbocycles. The summed E-state index contributed by atoms with van der Waals surface area (Å²) in [7, 11) is 1.60. The fourth-order valence-electron chi connectivity index (χ4n) is 1.38. The number of hydrogen-bond acceptors (Lipinski definition) is 2. The van der Waals surface area contributed by atoms with Crippen LogP contribution < -0.4 is 5.32 Å². The van der Waals surface area contributed by atoms with Crippen molar-refractivity contribution in [3.63, 3.8) is 0 Å². The maximum Gasteiger partial charge on any atom is 0.252 e. The lowest BCUT2D eigenvalue weighted by atomic mass is 10.2. The molecule has 0 saturated carbocycles. The first kappa shape index (κ1) is 16.0. The summed E-state index contributed by atoms with van der Waals surface area (Å²) in [4.78, 5) is 11.9. The Balaban J connectivity index is 2.45. The zero-order valence-corrected chi connectivity index (χ0v) is 13.8. The van der Waals surface area contributed by atoms with Crippen LogP contribution in [0.4, 0.5) is 0 Å². The first-order valence-corrected chi connectivity index (χ1v) is 7.43. The van der Waals surface area contributed by atoms with E-state index >= 15 is 0 Å². The van der Waals surface area contributed by atoms with Gasteiger partial charge < -0.3 is 10.1 Å². The Bertz CT molecular complexity index is 415. The summed E-state index contributed by atoms with van der Waals surface area (Å²) in [5.41, 5.74) is 0.607. The normalized spacial score (nSPS) is 12.2. The van der Waals surface area contributed by atoms with E-state index in [1.807, 2.05) is 12.1 Å². The second-order valence-electron chi connectivity index (χ2n) is 3.72. The van der Waals surface area contributed by atoms with Crippen molar-refractivity contribution in [2.24, 2.45) is 0 Å². The predicted octanol–water partition coefficient (Wildman–Crippen LogP) is 3.59. The zero-order chi connectivity index (χ0) is 13.5. The lowest BCUT2D eigenvalue weighted by Gasteiger charge is -2.10. The van der Waals surface area contributed by atoms with E-state index in [4.69, 9.17) is 16.3 Å². The Morgan fingerprint density at radius 2 is 2.22 bits per heavy atom. The lowest BCUT2D eigenvalue weighted by Crippen LogP contribution is -2.27. The van der Waals surface area contributed by atoms with Gasteiger partial charge in [0, 0.05) is 22.6 Å². The third-order valence-corrected chi connectivity index (χ3v) is 3.76. The summed E-state index contributed by atoms with van der Waals surface area (Å²) in [5, 5.41) is 2.74. The number of carbonyl (C=O) groups excluding carboxylic acids is 1. The van der Waals surface area contributed by atoms with Crippen molar-refractivity contribution in [2.75, 3.05) is 20.3 Å². The Kier molecular flexibility index (Phi) is 7.22. The van der Waals surface area contributed by atoms with Gasteiger partial charge in [-0.2, -0.15) is 0 Å². The van der Waals surface area contributed by atoms with E-state index in [0.717, 1.165) is 8.95 Å². The van der Waals surface area contributed by atoms with Crippen molar-refractivity contribution in [1.29, 1.82) is 0 Å². The van der Waals surface area contributed by atoms with Crippen molar-refractivity contribution < 1.29 is 9.53 Å². The second kappa shape index (κ2) is 8.15. The molecule has 1 rings (SSSR count). The Morgan fingerprint density at radius 3 is 2.83 bits per heavy atom. The second-order valence-corrected chi connectivity index (χ2v) is 6.11. The molecule has 1 aromatic rings. The van der Waals surface area contributed by atoms with Crippen LogP contribution in [0.1, 0.15) is 16.8 Å². The van der Waals surface area contributed by atoms with Crippen molar-refractivity contribution in [1.82, 2.24) is 5.32 Å². The molecule has 0 aliphatic carbocycles. The minimum atomic E-state index is -0.115. The zero-order valence-electron chi connectivity index (χ0n) is 9.88. The molecule has 0 heterocycles. The maximum atomic E-state index is 11.9. The highest BCUT2D eigenvalue weighted by molar-refractivity contribution is 9.11. The molecular formula is C12H14Br2ClNO2. The van der Waals surface area contributed by atoms with Gasteiger partial charge in [0.2, 0.25) is 0 Å². The molecule has 0 aliphatic rings. The van der Waals surface area contributed by atoms with Gasteiger partial charge in [0.1, 0.15) is 0 Å². The largest absolute Gasteiger partial charge is 0.383 e. The molecule has 0 bridgehead atoms. The number of benzene rings is 1. The third kappa shape index (κ3) is 5.26. The molecule has 3 nitrogen and oxygen atoms in total. The fraction of sp³-hybridized carbons (Fsp3) is 0.417. The SMILES string of the molecule is COCC(Cl)CCNC(=O)c1ccc(Br)cc1Br. The minimum Gasteiger partial charge on any atom is -0.383 e. The van der Waals surface area contributed by atoms with Crippen LogP contribution in [0.2, 0.25) is 0 Å². The average Bonchev–Trinajstić information content (AvgIpc) is 2.29. The van der Waals surface area contributed by atoms with Crippen molar-refractivity contribution in [2.45, 2.75) is 11.8 Å². The van der Waals surface area contributed by atoms with Crippen LogP contribution >= 0.6 is 43.5 Å². The number of methoxy groups -OCH3 is 1.